The van der Waals surface area contributed by atoms with Crippen molar-refractivity contribution >= 4 is 23.1 Å². The molecule has 0 aromatic heterocycles. The van der Waals surface area contributed by atoms with Gasteiger partial charge in [-0.15, -0.1) is 0 Å². The molecule has 0 bridgehead atoms. The molecule has 0 radical (unpaired) electrons. The van der Waals surface area contributed by atoms with Gasteiger partial charge in [-0.3, -0.25) is 9.59 Å². The molecule has 3 aromatic rings. The summed E-state index contributed by atoms with van der Waals surface area (Å²) in [6.45, 7) is 10.6. The fraction of sp³-hybridized carbons (Fsp3) is 0.265. The predicted molar refractivity (Wildman–Crippen MR) is 153 cm³/mol. The van der Waals surface area contributed by atoms with Gasteiger partial charge in [0, 0.05) is 23.8 Å². The lowest BCUT2D eigenvalue weighted by Gasteiger charge is -2.36. The summed E-state index contributed by atoms with van der Waals surface area (Å²) in [7, 11) is 1.29. The van der Waals surface area contributed by atoms with E-state index in [4.69, 9.17) is 4.74 Å². The molecule has 39 heavy (non-hydrogen) atoms. The highest BCUT2D eigenvalue weighted by Gasteiger charge is 2.52. The van der Waals surface area contributed by atoms with Gasteiger partial charge in [-0.05, 0) is 55.7 Å². The molecule has 3 atom stereocenters. The molecule has 1 fully saturated rings. The third kappa shape index (κ3) is 5.84. The first-order valence-electron chi connectivity index (χ1n) is 13.0. The van der Waals surface area contributed by atoms with E-state index in [-0.39, 0.29) is 23.4 Å². The summed E-state index contributed by atoms with van der Waals surface area (Å²) in [6.07, 6.45) is 4.15. The van der Waals surface area contributed by atoms with E-state index in [2.05, 4.69) is 55.5 Å². The molecule has 3 aromatic carbocycles. The second kappa shape index (κ2) is 11.7. The van der Waals surface area contributed by atoms with Gasteiger partial charge in [-0.1, -0.05) is 84.4 Å². The minimum absolute atomic E-state index is 0.0794. The van der Waals surface area contributed by atoms with Crippen molar-refractivity contribution in [2.75, 3.05) is 13.7 Å². The number of ether oxygens (including phenoxy) is 2. The minimum Gasteiger partial charge on any atom is -0.465 e. The first-order valence-corrected chi connectivity index (χ1v) is 13.0. The molecule has 1 aliphatic carbocycles. The average molecular weight is 523 g/mol. The molecule has 0 amide bonds. The van der Waals surface area contributed by atoms with Crippen LogP contribution in [0, 0.1) is 25.7 Å². The van der Waals surface area contributed by atoms with Gasteiger partial charge in [0.1, 0.15) is 5.60 Å². The molecule has 1 heterocycles. The van der Waals surface area contributed by atoms with Crippen molar-refractivity contribution in [3.8, 4) is 0 Å². The summed E-state index contributed by atoms with van der Waals surface area (Å²) < 4.78 is 10.9. The summed E-state index contributed by atoms with van der Waals surface area (Å²) >= 11 is 0. The van der Waals surface area contributed by atoms with E-state index in [1.54, 1.807) is 30.3 Å². The van der Waals surface area contributed by atoms with Gasteiger partial charge >= 0.3 is 5.97 Å². The van der Waals surface area contributed by atoms with Crippen LogP contribution in [0.25, 0.3) is 5.57 Å². The van der Waals surface area contributed by atoms with E-state index >= 15 is 0 Å². The Morgan fingerprint density at radius 1 is 0.949 bits per heavy atom. The quantitative estimate of drug-likeness (QED) is 0.276. The van der Waals surface area contributed by atoms with Crippen LogP contribution in [0.5, 0.6) is 0 Å². The molecule has 0 spiro atoms. The standard InChI is InChI=1S/C24H24O2.C10H10O3/c1-16-11-17(2)13-19(12-16)18(3)22-15-26-24(20-7-5-4-6-8-20)10-9-21(25)14-23(22)24;1-7(11)8-5-3-4-6-9(8)10(12)13-2/h4-13,22-23H,3,14-15H2,1-2H3;3-6H,1-2H3. The number of allylic oxidation sites excluding steroid dienone is 1. The van der Waals surface area contributed by atoms with Crippen LogP contribution in [0.2, 0.25) is 0 Å². The summed E-state index contributed by atoms with van der Waals surface area (Å²) in [5.74, 6) is -0.238. The van der Waals surface area contributed by atoms with Crippen molar-refractivity contribution in [3.63, 3.8) is 0 Å². The highest BCUT2D eigenvalue weighted by atomic mass is 16.5. The van der Waals surface area contributed by atoms with Crippen molar-refractivity contribution in [2.45, 2.75) is 32.8 Å². The van der Waals surface area contributed by atoms with E-state index in [1.807, 2.05) is 24.3 Å². The smallest absolute Gasteiger partial charge is 0.338 e. The first kappa shape index (κ1) is 27.9. The van der Waals surface area contributed by atoms with Gasteiger partial charge in [0.25, 0.3) is 0 Å². The molecule has 3 unspecified atom stereocenters. The fourth-order valence-corrected chi connectivity index (χ4v) is 5.60. The number of hydrogen-bond acceptors (Lipinski definition) is 5. The summed E-state index contributed by atoms with van der Waals surface area (Å²) in [5.41, 5.74) is 5.99. The number of Topliss-reactive ketones (excluding diaryl/α,β-unsaturated/α-hetero) is 1. The number of rotatable bonds is 5. The first-order chi connectivity index (χ1) is 18.7. The van der Waals surface area contributed by atoms with Gasteiger partial charge in [0.05, 0.1) is 19.3 Å². The van der Waals surface area contributed by atoms with Gasteiger partial charge in [0.2, 0.25) is 0 Å². The number of methoxy groups -OCH3 is 1. The fourth-order valence-electron chi connectivity index (χ4n) is 5.60. The molecule has 5 rings (SSSR count). The van der Waals surface area contributed by atoms with Crippen LogP contribution < -0.4 is 0 Å². The van der Waals surface area contributed by atoms with E-state index in [9.17, 15) is 14.4 Å². The summed E-state index contributed by atoms with van der Waals surface area (Å²) in [6, 6.07) is 23.4. The molecule has 0 N–H and O–H groups in total. The Bertz CT molecular complexity index is 1410. The molecule has 0 saturated carbocycles. The Balaban J connectivity index is 0.000000229. The van der Waals surface area contributed by atoms with Crippen LogP contribution in [-0.4, -0.2) is 31.3 Å². The number of hydrogen-bond donors (Lipinski definition) is 0. The SMILES string of the molecule is C=C(c1cc(C)cc(C)c1)C1COC2(c3ccccc3)C=CC(=O)CC12.COC(=O)c1ccccc1C(C)=O. The number of esters is 1. The summed E-state index contributed by atoms with van der Waals surface area (Å²) in [4.78, 5) is 34.5. The molecule has 1 saturated heterocycles. The zero-order chi connectivity index (χ0) is 28.2. The third-order valence-corrected chi connectivity index (χ3v) is 7.45. The summed E-state index contributed by atoms with van der Waals surface area (Å²) in [5, 5.41) is 0. The largest absolute Gasteiger partial charge is 0.465 e. The number of carbonyl (C=O) groups excluding carboxylic acids is 3. The van der Waals surface area contributed by atoms with Crippen LogP contribution >= 0.6 is 0 Å². The molecular formula is C34H34O5. The van der Waals surface area contributed by atoms with Crippen LogP contribution in [-0.2, 0) is 19.9 Å². The Kier molecular flexibility index (Phi) is 8.41. The maximum absolute atomic E-state index is 12.2. The second-order valence-corrected chi connectivity index (χ2v) is 10.2. The number of aryl methyl sites for hydroxylation is 2. The lowest BCUT2D eigenvalue weighted by Crippen LogP contribution is -2.36. The van der Waals surface area contributed by atoms with Crippen LogP contribution in [0.15, 0.2) is 91.5 Å². The number of carbonyl (C=O) groups is 3. The molecule has 5 nitrogen and oxygen atoms in total. The highest BCUT2D eigenvalue weighted by Crippen LogP contribution is 2.52. The average Bonchev–Trinajstić information content (AvgIpc) is 3.32. The second-order valence-electron chi connectivity index (χ2n) is 10.2. The van der Waals surface area contributed by atoms with Gasteiger partial charge in [0.15, 0.2) is 11.6 Å². The molecular weight excluding hydrogens is 488 g/mol. The van der Waals surface area contributed by atoms with E-state index in [1.165, 1.54) is 25.2 Å². The lowest BCUT2D eigenvalue weighted by molar-refractivity contribution is -0.118. The molecule has 1 aliphatic heterocycles. The van der Waals surface area contributed by atoms with Crippen molar-refractivity contribution < 1.29 is 23.9 Å². The van der Waals surface area contributed by atoms with Crippen molar-refractivity contribution in [1.82, 2.24) is 0 Å². The lowest BCUT2D eigenvalue weighted by atomic mass is 9.69. The Labute approximate surface area is 230 Å². The van der Waals surface area contributed by atoms with Crippen molar-refractivity contribution in [3.05, 3.63) is 125 Å². The van der Waals surface area contributed by atoms with Crippen LogP contribution in [0.1, 0.15) is 56.3 Å². The van der Waals surface area contributed by atoms with Gasteiger partial charge in [-0.2, -0.15) is 0 Å². The van der Waals surface area contributed by atoms with E-state index in [0.29, 0.717) is 24.2 Å². The molecule has 200 valence electrons. The Morgan fingerprint density at radius 3 is 2.18 bits per heavy atom. The Hall–Kier alpha value is -4.09. The van der Waals surface area contributed by atoms with Gasteiger partial charge < -0.3 is 9.47 Å². The predicted octanol–water partition coefficient (Wildman–Crippen LogP) is 6.68. The molecule has 2 aliphatic rings. The van der Waals surface area contributed by atoms with Crippen molar-refractivity contribution in [1.29, 1.82) is 0 Å². The number of ketones is 2. The maximum atomic E-state index is 12.2. The topological polar surface area (TPSA) is 69.7 Å². The molecule has 5 heteroatoms. The number of benzene rings is 3. The zero-order valence-electron chi connectivity index (χ0n) is 22.9. The Morgan fingerprint density at radius 2 is 1.56 bits per heavy atom. The van der Waals surface area contributed by atoms with E-state index < -0.39 is 11.6 Å². The third-order valence-electron chi connectivity index (χ3n) is 7.45. The zero-order valence-corrected chi connectivity index (χ0v) is 22.9. The van der Waals surface area contributed by atoms with Gasteiger partial charge in [-0.25, -0.2) is 4.79 Å². The minimum atomic E-state index is -0.526. The monoisotopic (exact) mass is 522 g/mol. The normalized spacial score (nSPS) is 21.4. The van der Waals surface area contributed by atoms with Crippen LogP contribution in [0.3, 0.4) is 0 Å². The maximum Gasteiger partial charge on any atom is 0.338 e. The van der Waals surface area contributed by atoms with E-state index in [0.717, 1.165) is 16.7 Å². The number of fused-ring (bicyclic) bond motifs is 1. The highest BCUT2D eigenvalue weighted by molar-refractivity contribution is 6.05. The van der Waals surface area contributed by atoms with Crippen LogP contribution in [0.4, 0.5) is 0 Å². The van der Waals surface area contributed by atoms with Crippen molar-refractivity contribution in [2.24, 2.45) is 11.8 Å².